The van der Waals surface area contributed by atoms with Gasteiger partial charge in [0.05, 0.1) is 12.2 Å². The van der Waals surface area contributed by atoms with Crippen molar-refractivity contribution in [2.45, 2.75) is 13.5 Å². The Labute approximate surface area is 111 Å². The molecule has 1 aromatic heterocycles. The van der Waals surface area contributed by atoms with E-state index in [0.29, 0.717) is 6.61 Å². The zero-order chi connectivity index (χ0) is 13.2. The number of rotatable bonds is 2. The summed E-state index contributed by atoms with van der Waals surface area (Å²) in [5, 5.41) is 0. The number of hydrogen-bond acceptors (Lipinski definition) is 3. The van der Waals surface area contributed by atoms with Gasteiger partial charge in [-0.3, -0.25) is 4.98 Å². The van der Waals surface area contributed by atoms with Crippen molar-refractivity contribution in [3.63, 3.8) is 0 Å². The number of pyridine rings is 1. The second-order valence-electron chi connectivity index (χ2n) is 4.64. The van der Waals surface area contributed by atoms with Gasteiger partial charge in [0.15, 0.2) is 0 Å². The van der Waals surface area contributed by atoms with Crippen molar-refractivity contribution in [3.05, 3.63) is 53.6 Å². The van der Waals surface area contributed by atoms with E-state index in [-0.39, 0.29) is 5.82 Å². The van der Waals surface area contributed by atoms with Crippen LogP contribution in [0.15, 0.2) is 36.5 Å². The van der Waals surface area contributed by atoms with Gasteiger partial charge >= 0.3 is 0 Å². The number of ether oxygens (including phenoxy) is 1. The minimum atomic E-state index is -0.205. The summed E-state index contributed by atoms with van der Waals surface area (Å²) in [7, 11) is 0. The van der Waals surface area contributed by atoms with Crippen LogP contribution in [0.1, 0.15) is 11.3 Å². The Kier molecular flexibility index (Phi) is 3.07. The molecule has 0 bridgehead atoms. The molecule has 0 unspecified atom stereocenters. The standard InChI is InChI=1S/C15H15FN2O/c1-11-15-14(6-7-17-11)19-9-8-18(15)10-12-2-4-13(16)5-3-12/h2-7H,8-10H2,1H3. The Bertz CT molecular complexity index is 583. The fourth-order valence-corrected chi connectivity index (χ4v) is 2.38. The zero-order valence-corrected chi connectivity index (χ0v) is 10.8. The molecule has 1 aliphatic heterocycles. The number of anilines is 1. The molecule has 19 heavy (non-hydrogen) atoms. The van der Waals surface area contributed by atoms with Gasteiger partial charge in [0.2, 0.25) is 0 Å². The number of hydrogen-bond donors (Lipinski definition) is 0. The summed E-state index contributed by atoms with van der Waals surface area (Å²) >= 11 is 0. The Morgan fingerprint density at radius 2 is 2.05 bits per heavy atom. The number of aromatic nitrogens is 1. The Hall–Kier alpha value is -2.10. The third kappa shape index (κ3) is 2.38. The highest BCUT2D eigenvalue weighted by molar-refractivity contribution is 5.62. The van der Waals surface area contributed by atoms with Crippen LogP contribution in [0.5, 0.6) is 5.75 Å². The molecular formula is C15H15FN2O. The molecule has 0 radical (unpaired) electrons. The van der Waals surface area contributed by atoms with Gasteiger partial charge in [0.25, 0.3) is 0 Å². The molecular weight excluding hydrogens is 243 g/mol. The third-order valence-corrected chi connectivity index (χ3v) is 3.29. The Morgan fingerprint density at radius 1 is 1.26 bits per heavy atom. The van der Waals surface area contributed by atoms with Crippen molar-refractivity contribution in [1.29, 1.82) is 0 Å². The minimum Gasteiger partial charge on any atom is -0.489 e. The Morgan fingerprint density at radius 3 is 2.84 bits per heavy atom. The average Bonchev–Trinajstić information content (AvgIpc) is 2.42. The van der Waals surface area contributed by atoms with Crippen LogP contribution in [0.2, 0.25) is 0 Å². The molecule has 1 aliphatic rings. The predicted octanol–water partition coefficient (Wildman–Crippen LogP) is 2.93. The van der Waals surface area contributed by atoms with Crippen LogP contribution in [0, 0.1) is 12.7 Å². The summed E-state index contributed by atoms with van der Waals surface area (Å²) in [4.78, 5) is 6.55. The fourth-order valence-electron chi connectivity index (χ4n) is 2.38. The van der Waals surface area contributed by atoms with E-state index < -0.39 is 0 Å². The normalized spacial score (nSPS) is 13.9. The summed E-state index contributed by atoms with van der Waals surface area (Å²) in [6, 6.07) is 8.51. The smallest absolute Gasteiger partial charge is 0.146 e. The van der Waals surface area contributed by atoms with Gasteiger partial charge in [-0.25, -0.2) is 4.39 Å². The molecule has 0 amide bonds. The minimum absolute atomic E-state index is 0.205. The maximum Gasteiger partial charge on any atom is 0.146 e. The molecule has 0 spiro atoms. The van der Waals surface area contributed by atoms with Crippen LogP contribution in [0.4, 0.5) is 10.1 Å². The van der Waals surface area contributed by atoms with Crippen LogP contribution < -0.4 is 9.64 Å². The van der Waals surface area contributed by atoms with Crippen LogP contribution in [-0.4, -0.2) is 18.1 Å². The summed E-state index contributed by atoms with van der Waals surface area (Å²) in [5.74, 6) is 0.671. The maximum atomic E-state index is 12.9. The Balaban J connectivity index is 1.89. The van der Waals surface area contributed by atoms with E-state index >= 15 is 0 Å². The van der Waals surface area contributed by atoms with E-state index in [1.54, 1.807) is 6.20 Å². The quantitative estimate of drug-likeness (QED) is 0.828. The molecule has 2 heterocycles. The highest BCUT2D eigenvalue weighted by Crippen LogP contribution is 2.34. The highest BCUT2D eigenvalue weighted by Gasteiger charge is 2.20. The molecule has 98 valence electrons. The molecule has 4 heteroatoms. The number of nitrogens with zero attached hydrogens (tertiary/aromatic N) is 2. The van der Waals surface area contributed by atoms with Crippen molar-refractivity contribution >= 4 is 5.69 Å². The predicted molar refractivity (Wildman–Crippen MR) is 71.9 cm³/mol. The van der Waals surface area contributed by atoms with Crippen molar-refractivity contribution in [3.8, 4) is 5.75 Å². The van der Waals surface area contributed by atoms with E-state index in [9.17, 15) is 4.39 Å². The van der Waals surface area contributed by atoms with E-state index in [0.717, 1.165) is 35.8 Å². The molecule has 0 atom stereocenters. The third-order valence-electron chi connectivity index (χ3n) is 3.29. The molecule has 0 saturated heterocycles. The topological polar surface area (TPSA) is 25.4 Å². The van der Waals surface area contributed by atoms with E-state index in [1.807, 2.05) is 25.1 Å². The molecule has 0 aliphatic carbocycles. The van der Waals surface area contributed by atoms with Crippen LogP contribution in [0.25, 0.3) is 0 Å². The molecule has 0 N–H and O–H groups in total. The van der Waals surface area contributed by atoms with Crippen LogP contribution in [0.3, 0.4) is 0 Å². The van der Waals surface area contributed by atoms with Crippen molar-refractivity contribution < 1.29 is 9.13 Å². The number of halogens is 1. The van der Waals surface area contributed by atoms with Gasteiger partial charge in [-0.05, 0) is 24.6 Å². The lowest BCUT2D eigenvalue weighted by molar-refractivity contribution is 0.306. The number of aryl methyl sites for hydroxylation is 1. The highest BCUT2D eigenvalue weighted by atomic mass is 19.1. The fraction of sp³-hybridized carbons (Fsp3) is 0.267. The summed E-state index contributed by atoms with van der Waals surface area (Å²) < 4.78 is 18.6. The van der Waals surface area contributed by atoms with Crippen molar-refractivity contribution in [1.82, 2.24) is 4.98 Å². The second-order valence-corrected chi connectivity index (χ2v) is 4.64. The lowest BCUT2D eigenvalue weighted by Gasteiger charge is -2.32. The van der Waals surface area contributed by atoms with Gasteiger partial charge in [-0.2, -0.15) is 0 Å². The first kappa shape index (κ1) is 12.0. The monoisotopic (exact) mass is 258 g/mol. The van der Waals surface area contributed by atoms with Gasteiger partial charge in [-0.1, -0.05) is 12.1 Å². The average molecular weight is 258 g/mol. The van der Waals surface area contributed by atoms with Crippen molar-refractivity contribution in [2.75, 3.05) is 18.1 Å². The van der Waals surface area contributed by atoms with Gasteiger partial charge in [0, 0.05) is 18.8 Å². The molecule has 0 saturated carbocycles. The SMILES string of the molecule is Cc1nccc2c1N(Cc1ccc(F)cc1)CCO2. The second kappa shape index (κ2) is 4.88. The van der Waals surface area contributed by atoms with Crippen LogP contribution in [-0.2, 0) is 6.54 Å². The van der Waals surface area contributed by atoms with Crippen molar-refractivity contribution in [2.24, 2.45) is 0 Å². The first-order valence-corrected chi connectivity index (χ1v) is 6.32. The van der Waals surface area contributed by atoms with Gasteiger partial charge < -0.3 is 9.64 Å². The zero-order valence-electron chi connectivity index (χ0n) is 10.8. The van der Waals surface area contributed by atoms with E-state index in [2.05, 4.69) is 9.88 Å². The van der Waals surface area contributed by atoms with E-state index in [1.165, 1.54) is 12.1 Å². The lowest BCUT2D eigenvalue weighted by Crippen LogP contribution is -2.33. The summed E-state index contributed by atoms with van der Waals surface area (Å²) in [5.41, 5.74) is 3.08. The first-order chi connectivity index (χ1) is 9.24. The van der Waals surface area contributed by atoms with Crippen LogP contribution >= 0.6 is 0 Å². The molecule has 3 nitrogen and oxygen atoms in total. The summed E-state index contributed by atoms with van der Waals surface area (Å²) in [6.45, 7) is 4.20. The maximum absolute atomic E-state index is 12.9. The molecule has 3 rings (SSSR count). The van der Waals surface area contributed by atoms with E-state index in [4.69, 9.17) is 4.74 Å². The summed E-state index contributed by atoms with van der Waals surface area (Å²) in [6.07, 6.45) is 1.76. The molecule has 0 fully saturated rings. The first-order valence-electron chi connectivity index (χ1n) is 6.32. The van der Waals surface area contributed by atoms with Gasteiger partial charge in [0.1, 0.15) is 23.9 Å². The van der Waals surface area contributed by atoms with Gasteiger partial charge in [-0.15, -0.1) is 0 Å². The lowest BCUT2D eigenvalue weighted by atomic mass is 10.1. The molecule has 1 aromatic carbocycles. The number of fused-ring (bicyclic) bond motifs is 1. The largest absolute Gasteiger partial charge is 0.489 e. The molecule has 2 aromatic rings. The number of benzene rings is 1.